The molecule has 0 aromatic rings. The Bertz CT molecular complexity index is 182. The standard InChI is InChI=1S/C7H15N3O3/c1-2-13-5-7(11)9-4-3-6(8)10-12/h12H,2-5H2,1H3,(H2,8,10)(H,9,11). The number of hydrogen-bond donors (Lipinski definition) is 3. The van der Waals surface area contributed by atoms with Gasteiger partial charge in [0, 0.05) is 19.6 Å². The van der Waals surface area contributed by atoms with Gasteiger partial charge in [-0.25, -0.2) is 0 Å². The molecule has 0 heterocycles. The number of rotatable bonds is 6. The summed E-state index contributed by atoms with van der Waals surface area (Å²) in [6, 6.07) is 0. The number of amidine groups is 1. The van der Waals surface area contributed by atoms with Gasteiger partial charge in [0.05, 0.1) is 0 Å². The van der Waals surface area contributed by atoms with E-state index >= 15 is 0 Å². The van der Waals surface area contributed by atoms with E-state index in [9.17, 15) is 4.79 Å². The van der Waals surface area contributed by atoms with Crippen molar-refractivity contribution >= 4 is 11.7 Å². The molecule has 0 unspecified atom stereocenters. The van der Waals surface area contributed by atoms with E-state index in [1.807, 2.05) is 6.92 Å². The van der Waals surface area contributed by atoms with Crippen molar-refractivity contribution in [1.29, 1.82) is 0 Å². The molecule has 0 spiro atoms. The zero-order valence-electron chi connectivity index (χ0n) is 7.62. The SMILES string of the molecule is CCOCC(=O)NCCC(N)=NO. The van der Waals surface area contributed by atoms with Gasteiger partial charge < -0.3 is 21.0 Å². The molecule has 6 nitrogen and oxygen atoms in total. The van der Waals surface area contributed by atoms with Crippen molar-refractivity contribution < 1.29 is 14.7 Å². The molecule has 0 rings (SSSR count). The molecule has 13 heavy (non-hydrogen) atoms. The van der Waals surface area contributed by atoms with Gasteiger partial charge in [0.2, 0.25) is 5.91 Å². The Morgan fingerprint density at radius 1 is 1.69 bits per heavy atom. The molecule has 4 N–H and O–H groups in total. The van der Waals surface area contributed by atoms with Crippen LogP contribution in [0.1, 0.15) is 13.3 Å². The molecule has 0 bridgehead atoms. The predicted octanol–water partition coefficient (Wildman–Crippen LogP) is -0.724. The Hall–Kier alpha value is -1.30. The Morgan fingerprint density at radius 2 is 2.38 bits per heavy atom. The van der Waals surface area contributed by atoms with Crippen molar-refractivity contribution in [3.63, 3.8) is 0 Å². The first-order chi connectivity index (χ1) is 6.20. The highest BCUT2D eigenvalue weighted by molar-refractivity contribution is 5.81. The summed E-state index contributed by atoms with van der Waals surface area (Å²) in [5.41, 5.74) is 5.18. The molecule has 1 amide bonds. The lowest BCUT2D eigenvalue weighted by Gasteiger charge is -2.03. The largest absolute Gasteiger partial charge is 0.409 e. The van der Waals surface area contributed by atoms with Gasteiger partial charge in [-0.15, -0.1) is 0 Å². The zero-order chi connectivity index (χ0) is 10.1. The highest BCUT2D eigenvalue weighted by atomic mass is 16.5. The van der Waals surface area contributed by atoms with E-state index in [4.69, 9.17) is 15.7 Å². The molecule has 76 valence electrons. The minimum Gasteiger partial charge on any atom is -0.409 e. The van der Waals surface area contributed by atoms with Crippen molar-refractivity contribution in [2.75, 3.05) is 19.8 Å². The van der Waals surface area contributed by atoms with E-state index in [0.717, 1.165) is 0 Å². The number of nitrogens with one attached hydrogen (secondary N) is 1. The fourth-order valence-electron chi connectivity index (χ4n) is 0.626. The second kappa shape index (κ2) is 7.35. The summed E-state index contributed by atoms with van der Waals surface area (Å²) in [5, 5.41) is 13.5. The van der Waals surface area contributed by atoms with Crippen molar-refractivity contribution in [2.45, 2.75) is 13.3 Å². The summed E-state index contributed by atoms with van der Waals surface area (Å²) < 4.78 is 4.86. The lowest BCUT2D eigenvalue weighted by atomic mass is 10.4. The average molecular weight is 189 g/mol. The van der Waals surface area contributed by atoms with Gasteiger partial charge in [0.1, 0.15) is 12.4 Å². The maximum absolute atomic E-state index is 10.9. The quantitative estimate of drug-likeness (QED) is 0.222. The molecule has 0 fully saturated rings. The normalized spacial score (nSPS) is 11.3. The molecule has 0 aromatic carbocycles. The molecule has 0 aliphatic rings. The molecular formula is C7H15N3O3. The van der Waals surface area contributed by atoms with E-state index in [1.54, 1.807) is 0 Å². The molecule has 0 atom stereocenters. The number of amides is 1. The number of hydrogen-bond acceptors (Lipinski definition) is 4. The molecule has 0 aliphatic carbocycles. The number of oxime groups is 1. The van der Waals surface area contributed by atoms with Crippen molar-refractivity contribution in [3.05, 3.63) is 0 Å². The van der Waals surface area contributed by atoms with Crippen LogP contribution in [0.5, 0.6) is 0 Å². The van der Waals surface area contributed by atoms with E-state index in [0.29, 0.717) is 19.6 Å². The summed E-state index contributed by atoms with van der Waals surface area (Å²) in [6.45, 7) is 2.71. The first-order valence-corrected chi connectivity index (χ1v) is 4.01. The van der Waals surface area contributed by atoms with Gasteiger partial charge in [-0.3, -0.25) is 4.79 Å². The summed E-state index contributed by atoms with van der Waals surface area (Å²) in [4.78, 5) is 10.9. The molecule has 0 aromatic heterocycles. The lowest BCUT2D eigenvalue weighted by Crippen LogP contribution is -2.30. The van der Waals surface area contributed by atoms with E-state index in [-0.39, 0.29) is 18.3 Å². The van der Waals surface area contributed by atoms with Crippen molar-refractivity contribution in [3.8, 4) is 0 Å². The van der Waals surface area contributed by atoms with Gasteiger partial charge in [0.15, 0.2) is 0 Å². The van der Waals surface area contributed by atoms with Gasteiger partial charge in [0.25, 0.3) is 0 Å². The highest BCUT2D eigenvalue weighted by Crippen LogP contribution is 1.78. The van der Waals surface area contributed by atoms with E-state index < -0.39 is 0 Å². The third-order valence-electron chi connectivity index (χ3n) is 1.27. The smallest absolute Gasteiger partial charge is 0.246 e. The minimum atomic E-state index is -0.201. The third kappa shape index (κ3) is 7.07. The van der Waals surface area contributed by atoms with Crippen LogP contribution in [0.25, 0.3) is 0 Å². The highest BCUT2D eigenvalue weighted by Gasteiger charge is 1.99. The van der Waals surface area contributed by atoms with Gasteiger partial charge in [-0.1, -0.05) is 5.16 Å². The Balaban J connectivity index is 3.37. The number of nitrogens with two attached hydrogens (primary N) is 1. The van der Waals surface area contributed by atoms with E-state index in [1.165, 1.54) is 0 Å². The predicted molar refractivity (Wildman–Crippen MR) is 47.5 cm³/mol. The first-order valence-electron chi connectivity index (χ1n) is 4.01. The number of carbonyl (C=O) groups excluding carboxylic acids is 1. The Morgan fingerprint density at radius 3 is 2.92 bits per heavy atom. The molecule has 6 heteroatoms. The van der Waals surface area contributed by atoms with Crippen LogP contribution in [-0.4, -0.2) is 36.7 Å². The second-order valence-electron chi connectivity index (χ2n) is 2.33. The molecule has 0 aliphatic heterocycles. The van der Waals surface area contributed by atoms with Crippen LogP contribution in [0.3, 0.4) is 0 Å². The van der Waals surface area contributed by atoms with Crippen LogP contribution in [0, 0.1) is 0 Å². The number of ether oxygens (including phenoxy) is 1. The van der Waals surface area contributed by atoms with Gasteiger partial charge in [-0.05, 0) is 6.92 Å². The fourth-order valence-corrected chi connectivity index (χ4v) is 0.626. The van der Waals surface area contributed by atoms with Crippen LogP contribution < -0.4 is 11.1 Å². The average Bonchev–Trinajstić information content (AvgIpc) is 2.14. The topological polar surface area (TPSA) is 96.9 Å². The maximum atomic E-state index is 10.9. The summed E-state index contributed by atoms with van der Waals surface area (Å²) in [6.07, 6.45) is 0.328. The minimum absolute atomic E-state index is 0.0483. The summed E-state index contributed by atoms with van der Waals surface area (Å²) in [5.74, 6) is -0.107. The fraction of sp³-hybridized carbons (Fsp3) is 0.714. The van der Waals surface area contributed by atoms with Gasteiger partial charge >= 0.3 is 0 Å². The third-order valence-corrected chi connectivity index (χ3v) is 1.27. The van der Waals surface area contributed by atoms with Crippen LogP contribution in [-0.2, 0) is 9.53 Å². The van der Waals surface area contributed by atoms with Crippen LogP contribution in [0.15, 0.2) is 5.16 Å². The number of carbonyl (C=O) groups is 1. The monoisotopic (exact) mass is 189 g/mol. The zero-order valence-corrected chi connectivity index (χ0v) is 7.62. The summed E-state index contributed by atoms with van der Waals surface area (Å²) in [7, 11) is 0. The van der Waals surface area contributed by atoms with E-state index in [2.05, 4.69) is 10.5 Å². The van der Waals surface area contributed by atoms with Gasteiger partial charge in [-0.2, -0.15) is 0 Å². The summed E-state index contributed by atoms with van der Waals surface area (Å²) >= 11 is 0. The van der Waals surface area contributed by atoms with Crippen LogP contribution in [0.4, 0.5) is 0 Å². The molecule has 0 saturated heterocycles. The maximum Gasteiger partial charge on any atom is 0.246 e. The van der Waals surface area contributed by atoms with Crippen molar-refractivity contribution in [1.82, 2.24) is 5.32 Å². The van der Waals surface area contributed by atoms with Crippen LogP contribution in [0.2, 0.25) is 0 Å². The van der Waals surface area contributed by atoms with Crippen LogP contribution >= 0.6 is 0 Å². The molecular weight excluding hydrogens is 174 g/mol. The second-order valence-corrected chi connectivity index (χ2v) is 2.33. The first kappa shape index (κ1) is 11.7. The Kier molecular flexibility index (Phi) is 6.62. The molecule has 0 radical (unpaired) electrons. The lowest BCUT2D eigenvalue weighted by molar-refractivity contribution is -0.125. The number of nitrogens with zero attached hydrogens (tertiary/aromatic N) is 1. The Labute approximate surface area is 76.7 Å². The van der Waals surface area contributed by atoms with Crippen molar-refractivity contribution in [2.24, 2.45) is 10.9 Å². The molecule has 0 saturated carbocycles.